The number of likely N-dealkylation sites (N-methyl/N-ethyl adjacent to an activating group) is 1. The maximum absolute atomic E-state index is 13.3. The molecule has 0 aromatic carbocycles. The van der Waals surface area contributed by atoms with E-state index in [1.54, 1.807) is 0 Å². The molecule has 4 aliphatic carbocycles. The van der Waals surface area contributed by atoms with Crippen LogP contribution in [0, 0.1) is 17.8 Å². The van der Waals surface area contributed by atoms with Crippen LogP contribution in [0.4, 0.5) is 5.82 Å². The Kier molecular flexibility index (Phi) is 3.96. The second-order valence-corrected chi connectivity index (χ2v) is 9.32. The lowest BCUT2D eigenvalue weighted by Gasteiger charge is -2.56. The van der Waals surface area contributed by atoms with Gasteiger partial charge in [-0.05, 0) is 75.5 Å². The highest BCUT2D eigenvalue weighted by molar-refractivity contribution is 5.99. The number of nitrogens with one attached hydrogen (secondary N) is 1. The molecular formula is C21H30N4O. The Bertz CT molecular complexity index is 660. The van der Waals surface area contributed by atoms with E-state index in [4.69, 9.17) is 0 Å². The predicted octanol–water partition coefficient (Wildman–Crippen LogP) is 2.53. The van der Waals surface area contributed by atoms with Gasteiger partial charge in [-0.25, -0.2) is 4.98 Å². The standard InChI is InChI=1S/C21H30N4O/c1-24-5-7-25(8-6-24)19-18(3-2-4-22-19)20(26)23-21-12-15-9-16(13-21)11-17(10-15)14-21/h2-4,15-17H,5-14H2,1H3,(H,23,26). The molecule has 1 aromatic heterocycles. The lowest BCUT2D eigenvalue weighted by molar-refractivity contribution is -0.0166. The topological polar surface area (TPSA) is 48.5 Å². The smallest absolute Gasteiger partial charge is 0.255 e. The molecule has 5 aliphatic rings. The van der Waals surface area contributed by atoms with Crippen molar-refractivity contribution in [1.29, 1.82) is 0 Å². The Balaban J connectivity index is 1.36. The molecule has 4 saturated carbocycles. The molecule has 2 heterocycles. The third-order valence-electron chi connectivity index (χ3n) is 7.25. The molecule has 1 amide bonds. The third kappa shape index (κ3) is 2.90. The van der Waals surface area contributed by atoms with Gasteiger partial charge < -0.3 is 15.1 Å². The maximum Gasteiger partial charge on any atom is 0.255 e. The Labute approximate surface area is 156 Å². The van der Waals surface area contributed by atoms with Crippen LogP contribution < -0.4 is 10.2 Å². The van der Waals surface area contributed by atoms with Gasteiger partial charge in [-0.15, -0.1) is 0 Å². The minimum atomic E-state index is 0.0566. The molecule has 1 aromatic rings. The van der Waals surface area contributed by atoms with Crippen LogP contribution in [0.2, 0.25) is 0 Å². The van der Waals surface area contributed by atoms with Gasteiger partial charge in [0.1, 0.15) is 5.82 Å². The number of amides is 1. The van der Waals surface area contributed by atoms with E-state index in [2.05, 4.69) is 27.1 Å². The highest BCUT2D eigenvalue weighted by Crippen LogP contribution is 2.55. The zero-order valence-electron chi connectivity index (χ0n) is 15.8. The Hall–Kier alpha value is -1.62. The van der Waals surface area contributed by atoms with Crippen LogP contribution >= 0.6 is 0 Å². The molecule has 0 radical (unpaired) electrons. The zero-order chi connectivity index (χ0) is 17.7. The van der Waals surface area contributed by atoms with Gasteiger partial charge in [0, 0.05) is 37.9 Å². The van der Waals surface area contributed by atoms with Crippen molar-refractivity contribution in [3.63, 3.8) is 0 Å². The first-order chi connectivity index (χ1) is 12.6. The van der Waals surface area contributed by atoms with E-state index in [1.807, 2.05) is 18.3 Å². The molecule has 4 bridgehead atoms. The fraction of sp³-hybridized carbons (Fsp3) is 0.714. The molecule has 1 saturated heterocycles. The summed E-state index contributed by atoms with van der Waals surface area (Å²) in [4.78, 5) is 22.5. The summed E-state index contributed by atoms with van der Waals surface area (Å²) in [6, 6.07) is 3.85. The van der Waals surface area contributed by atoms with E-state index in [1.165, 1.54) is 38.5 Å². The number of nitrogens with zero attached hydrogens (tertiary/aromatic N) is 3. The monoisotopic (exact) mass is 354 g/mol. The largest absolute Gasteiger partial charge is 0.353 e. The maximum atomic E-state index is 13.3. The summed E-state index contributed by atoms with van der Waals surface area (Å²) in [7, 11) is 2.15. The van der Waals surface area contributed by atoms with Crippen LogP contribution in [0.3, 0.4) is 0 Å². The van der Waals surface area contributed by atoms with Gasteiger partial charge >= 0.3 is 0 Å². The predicted molar refractivity (Wildman–Crippen MR) is 102 cm³/mol. The number of carbonyl (C=O) groups is 1. The lowest BCUT2D eigenvalue weighted by atomic mass is 9.53. The first-order valence-electron chi connectivity index (χ1n) is 10.3. The van der Waals surface area contributed by atoms with Crippen LogP contribution in [-0.4, -0.2) is 54.6 Å². The average molecular weight is 354 g/mol. The number of piperazine rings is 1. The molecule has 1 N–H and O–H groups in total. The van der Waals surface area contributed by atoms with Crippen LogP contribution in [-0.2, 0) is 0 Å². The summed E-state index contributed by atoms with van der Waals surface area (Å²) in [6.45, 7) is 3.91. The third-order valence-corrected chi connectivity index (χ3v) is 7.25. The number of aromatic nitrogens is 1. The molecule has 5 nitrogen and oxygen atoms in total. The second kappa shape index (κ2) is 6.22. The van der Waals surface area contributed by atoms with Gasteiger partial charge in [0.15, 0.2) is 0 Å². The number of pyridine rings is 1. The Morgan fingerprint density at radius 3 is 2.31 bits per heavy atom. The SMILES string of the molecule is CN1CCN(c2ncccc2C(=O)NC23CC4CC(CC(C4)C2)C3)CC1. The van der Waals surface area contributed by atoms with Gasteiger partial charge in [0.05, 0.1) is 5.56 Å². The average Bonchev–Trinajstić information content (AvgIpc) is 2.61. The molecule has 0 unspecified atom stereocenters. The minimum Gasteiger partial charge on any atom is -0.353 e. The van der Waals surface area contributed by atoms with Crippen molar-refractivity contribution in [2.75, 3.05) is 38.1 Å². The van der Waals surface area contributed by atoms with E-state index >= 15 is 0 Å². The van der Waals surface area contributed by atoms with E-state index in [9.17, 15) is 4.79 Å². The van der Waals surface area contributed by atoms with E-state index in [0.717, 1.165) is 55.3 Å². The number of anilines is 1. The summed E-state index contributed by atoms with van der Waals surface area (Å²) in [6.07, 6.45) is 9.57. The minimum absolute atomic E-state index is 0.0566. The Morgan fingerprint density at radius 2 is 1.69 bits per heavy atom. The van der Waals surface area contributed by atoms with Crippen molar-refractivity contribution >= 4 is 11.7 Å². The molecule has 1 aliphatic heterocycles. The first kappa shape index (κ1) is 16.5. The lowest BCUT2D eigenvalue weighted by Crippen LogP contribution is -2.60. The first-order valence-corrected chi connectivity index (χ1v) is 10.3. The van der Waals surface area contributed by atoms with Crippen LogP contribution in [0.5, 0.6) is 0 Å². The number of carbonyl (C=O) groups excluding carboxylic acids is 1. The molecule has 0 spiro atoms. The van der Waals surface area contributed by atoms with Crippen molar-refractivity contribution < 1.29 is 4.79 Å². The van der Waals surface area contributed by atoms with Crippen molar-refractivity contribution in [3.8, 4) is 0 Å². The zero-order valence-corrected chi connectivity index (χ0v) is 15.8. The second-order valence-electron chi connectivity index (χ2n) is 9.32. The molecule has 5 heteroatoms. The summed E-state index contributed by atoms with van der Waals surface area (Å²) in [5, 5.41) is 3.51. The fourth-order valence-electron chi connectivity index (χ4n) is 6.42. The van der Waals surface area contributed by atoms with Gasteiger partial charge in [-0.3, -0.25) is 4.79 Å². The van der Waals surface area contributed by atoms with Crippen molar-refractivity contribution in [3.05, 3.63) is 23.9 Å². The fourth-order valence-corrected chi connectivity index (χ4v) is 6.42. The molecule has 5 fully saturated rings. The van der Waals surface area contributed by atoms with Gasteiger partial charge in [0.25, 0.3) is 5.91 Å². The van der Waals surface area contributed by atoms with Gasteiger partial charge in [-0.2, -0.15) is 0 Å². The highest BCUT2D eigenvalue weighted by Gasteiger charge is 2.51. The molecule has 26 heavy (non-hydrogen) atoms. The van der Waals surface area contributed by atoms with Crippen LogP contribution in [0.1, 0.15) is 48.9 Å². The van der Waals surface area contributed by atoms with E-state index in [-0.39, 0.29) is 11.4 Å². The molecular weight excluding hydrogens is 324 g/mol. The van der Waals surface area contributed by atoms with Crippen LogP contribution in [0.25, 0.3) is 0 Å². The number of rotatable bonds is 3. The number of hydrogen-bond acceptors (Lipinski definition) is 4. The quantitative estimate of drug-likeness (QED) is 0.906. The van der Waals surface area contributed by atoms with Crippen molar-refractivity contribution in [2.45, 2.75) is 44.1 Å². The molecule has 0 atom stereocenters. The molecule has 140 valence electrons. The van der Waals surface area contributed by atoms with Crippen molar-refractivity contribution in [2.24, 2.45) is 17.8 Å². The summed E-state index contributed by atoms with van der Waals surface area (Å²) >= 11 is 0. The Morgan fingerprint density at radius 1 is 1.08 bits per heavy atom. The number of hydrogen-bond donors (Lipinski definition) is 1. The van der Waals surface area contributed by atoms with E-state index < -0.39 is 0 Å². The van der Waals surface area contributed by atoms with Crippen molar-refractivity contribution in [1.82, 2.24) is 15.2 Å². The summed E-state index contributed by atoms with van der Waals surface area (Å²) in [5.74, 6) is 3.48. The van der Waals surface area contributed by atoms with E-state index in [0.29, 0.717) is 0 Å². The molecule has 6 rings (SSSR count). The van der Waals surface area contributed by atoms with Gasteiger partial charge in [0.2, 0.25) is 0 Å². The summed E-state index contributed by atoms with van der Waals surface area (Å²) < 4.78 is 0. The van der Waals surface area contributed by atoms with Crippen LogP contribution in [0.15, 0.2) is 18.3 Å². The van der Waals surface area contributed by atoms with Gasteiger partial charge in [-0.1, -0.05) is 0 Å². The highest BCUT2D eigenvalue weighted by atomic mass is 16.1. The summed E-state index contributed by atoms with van der Waals surface area (Å²) in [5.41, 5.74) is 0.814. The normalized spacial score (nSPS) is 36.3.